The van der Waals surface area contributed by atoms with Gasteiger partial charge in [0.25, 0.3) is 0 Å². The van der Waals surface area contributed by atoms with Gasteiger partial charge in [0.15, 0.2) is 0 Å². The first kappa shape index (κ1) is 12.4. The molecule has 2 atom stereocenters. The molecule has 0 bridgehead atoms. The Labute approximate surface area is 79.5 Å². The zero-order valence-electron chi connectivity index (χ0n) is 8.42. The van der Waals surface area contributed by atoms with E-state index < -0.39 is 6.04 Å². The van der Waals surface area contributed by atoms with Crippen molar-refractivity contribution in [3.05, 3.63) is 0 Å². The standard InChI is InChI=1S/C9H20N2O2/c1-3-7(2)8(10)9(13)11-5-4-6-12/h7-8,12H,3-6,10H2,1-2H3,(H,11,13)/t7?,8-/m0/s1. The molecule has 0 aromatic rings. The first-order valence-electron chi connectivity index (χ1n) is 4.77. The molecule has 0 saturated heterocycles. The largest absolute Gasteiger partial charge is 0.396 e. The van der Waals surface area contributed by atoms with Crippen LogP contribution in [0.4, 0.5) is 0 Å². The summed E-state index contributed by atoms with van der Waals surface area (Å²) in [7, 11) is 0. The van der Waals surface area contributed by atoms with E-state index in [1.165, 1.54) is 0 Å². The van der Waals surface area contributed by atoms with Crippen molar-refractivity contribution in [2.75, 3.05) is 13.2 Å². The molecule has 0 aliphatic carbocycles. The number of nitrogens with two attached hydrogens (primary N) is 1. The number of rotatable bonds is 6. The predicted molar refractivity (Wildman–Crippen MR) is 52.1 cm³/mol. The molecule has 0 radical (unpaired) electrons. The zero-order chi connectivity index (χ0) is 10.3. The molecule has 4 nitrogen and oxygen atoms in total. The topological polar surface area (TPSA) is 75.4 Å². The highest BCUT2D eigenvalue weighted by atomic mass is 16.3. The second-order valence-electron chi connectivity index (χ2n) is 3.28. The summed E-state index contributed by atoms with van der Waals surface area (Å²) in [5.74, 6) is 0.0805. The second kappa shape index (κ2) is 6.86. The van der Waals surface area contributed by atoms with Crippen LogP contribution < -0.4 is 11.1 Å². The van der Waals surface area contributed by atoms with Crippen LogP contribution in [-0.4, -0.2) is 30.2 Å². The number of amides is 1. The summed E-state index contributed by atoms with van der Waals surface area (Å²) >= 11 is 0. The third-order valence-electron chi connectivity index (χ3n) is 2.19. The van der Waals surface area contributed by atoms with Gasteiger partial charge in [0, 0.05) is 13.2 Å². The van der Waals surface area contributed by atoms with Gasteiger partial charge in [0.2, 0.25) is 5.91 Å². The molecule has 0 fully saturated rings. The SMILES string of the molecule is CCC(C)[C@H](N)C(=O)NCCCO. The van der Waals surface area contributed by atoms with Crippen LogP contribution in [0.3, 0.4) is 0 Å². The molecule has 1 unspecified atom stereocenters. The lowest BCUT2D eigenvalue weighted by Gasteiger charge is -2.17. The van der Waals surface area contributed by atoms with Crippen molar-refractivity contribution in [2.45, 2.75) is 32.7 Å². The maximum atomic E-state index is 11.3. The Bertz CT molecular complexity index is 151. The monoisotopic (exact) mass is 188 g/mol. The van der Waals surface area contributed by atoms with Gasteiger partial charge < -0.3 is 16.2 Å². The average Bonchev–Trinajstić information content (AvgIpc) is 2.15. The summed E-state index contributed by atoms with van der Waals surface area (Å²) in [6.45, 7) is 4.56. The Kier molecular flexibility index (Phi) is 6.54. The maximum absolute atomic E-state index is 11.3. The second-order valence-corrected chi connectivity index (χ2v) is 3.28. The molecule has 0 aliphatic rings. The van der Waals surface area contributed by atoms with Gasteiger partial charge in [0.1, 0.15) is 0 Å². The van der Waals surface area contributed by atoms with Crippen LogP contribution >= 0.6 is 0 Å². The molecular weight excluding hydrogens is 168 g/mol. The third kappa shape index (κ3) is 4.85. The molecule has 0 saturated carbocycles. The minimum Gasteiger partial charge on any atom is -0.396 e. The van der Waals surface area contributed by atoms with Gasteiger partial charge >= 0.3 is 0 Å². The van der Waals surface area contributed by atoms with E-state index in [1.807, 2.05) is 13.8 Å². The van der Waals surface area contributed by atoms with Crippen LogP contribution in [0, 0.1) is 5.92 Å². The number of hydrogen-bond acceptors (Lipinski definition) is 3. The number of aliphatic hydroxyl groups is 1. The van der Waals surface area contributed by atoms with E-state index in [1.54, 1.807) is 0 Å². The minimum absolute atomic E-state index is 0.0961. The fraction of sp³-hybridized carbons (Fsp3) is 0.889. The summed E-state index contributed by atoms with van der Waals surface area (Å²) < 4.78 is 0. The molecule has 78 valence electrons. The normalized spacial score (nSPS) is 15.1. The minimum atomic E-state index is -0.427. The van der Waals surface area contributed by atoms with Crippen molar-refractivity contribution >= 4 is 5.91 Å². The highest BCUT2D eigenvalue weighted by Gasteiger charge is 2.18. The number of carbonyl (C=O) groups is 1. The van der Waals surface area contributed by atoms with Crippen molar-refractivity contribution < 1.29 is 9.90 Å². The predicted octanol–water partition coefficient (Wildman–Crippen LogP) is -0.142. The quantitative estimate of drug-likeness (QED) is 0.508. The Morgan fingerprint density at radius 1 is 1.62 bits per heavy atom. The first-order chi connectivity index (χ1) is 6.13. The van der Waals surface area contributed by atoms with Crippen molar-refractivity contribution in [3.63, 3.8) is 0 Å². The lowest BCUT2D eigenvalue weighted by Crippen LogP contribution is -2.44. The molecule has 0 spiro atoms. The molecule has 0 aromatic carbocycles. The van der Waals surface area contributed by atoms with Gasteiger partial charge in [-0.15, -0.1) is 0 Å². The van der Waals surface area contributed by atoms with Crippen molar-refractivity contribution in [1.82, 2.24) is 5.32 Å². The average molecular weight is 188 g/mol. The van der Waals surface area contributed by atoms with Crippen LogP contribution in [0.1, 0.15) is 26.7 Å². The summed E-state index contributed by atoms with van der Waals surface area (Å²) in [5.41, 5.74) is 5.68. The molecule has 0 aliphatic heterocycles. The molecule has 0 heterocycles. The Hall–Kier alpha value is -0.610. The van der Waals surface area contributed by atoms with Crippen LogP contribution in [0.2, 0.25) is 0 Å². The van der Waals surface area contributed by atoms with Crippen molar-refractivity contribution in [3.8, 4) is 0 Å². The van der Waals surface area contributed by atoms with E-state index in [2.05, 4.69) is 5.32 Å². The summed E-state index contributed by atoms with van der Waals surface area (Å²) in [5, 5.41) is 11.2. The lowest BCUT2D eigenvalue weighted by atomic mass is 9.99. The van der Waals surface area contributed by atoms with Gasteiger partial charge in [0.05, 0.1) is 6.04 Å². The van der Waals surface area contributed by atoms with Crippen LogP contribution in [-0.2, 0) is 4.79 Å². The molecule has 4 N–H and O–H groups in total. The summed E-state index contributed by atoms with van der Waals surface area (Å²) in [4.78, 5) is 11.3. The molecule has 1 amide bonds. The van der Waals surface area contributed by atoms with E-state index in [-0.39, 0.29) is 18.4 Å². The number of hydrogen-bond donors (Lipinski definition) is 3. The number of aliphatic hydroxyl groups excluding tert-OH is 1. The Balaban J connectivity index is 3.69. The Morgan fingerprint density at radius 2 is 2.23 bits per heavy atom. The molecular formula is C9H20N2O2. The number of nitrogens with one attached hydrogen (secondary N) is 1. The number of carbonyl (C=O) groups excluding carboxylic acids is 1. The van der Waals surface area contributed by atoms with Gasteiger partial charge in [-0.25, -0.2) is 0 Å². The first-order valence-corrected chi connectivity index (χ1v) is 4.77. The van der Waals surface area contributed by atoms with E-state index in [4.69, 9.17) is 10.8 Å². The van der Waals surface area contributed by atoms with Crippen molar-refractivity contribution in [2.24, 2.45) is 11.7 Å². The molecule has 13 heavy (non-hydrogen) atoms. The summed E-state index contributed by atoms with van der Waals surface area (Å²) in [6, 6.07) is -0.427. The third-order valence-corrected chi connectivity index (χ3v) is 2.19. The maximum Gasteiger partial charge on any atom is 0.237 e. The Morgan fingerprint density at radius 3 is 2.69 bits per heavy atom. The van der Waals surface area contributed by atoms with Gasteiger partial charge in [-0.2, -0.15) is 0 Å². The van der Waals surface area contributed by atoms with Gasteiger partial charge in [-0.1, -0.05) is 20.3 Å². The fourth-order valence-electron chi connectivity index (χ4n) is 0.921. The van der Waals surface area contributed by atoms with Crippen molar-refractivity contribution in [1.29, 1.82) is 0 Å². The van der Waals surface area contributed by atoms with E-state index in [0.717, 1.165) is 6.42 Å². The van der Waals surface area contributed by atoms with Gasteiger partial charge in [-0.05, 0) is 12.3 Å². The highest BCUT2D eigenvalue weighted by molar-refractivity contribution is 5.81. The molecule has 0 aromatic heterocycles. The van der Waals surface area contributed by atoms with Crippen LogP contribution in [0.15, 0.2) is 0 Å². The van der Waals surface area contributed by atoms with Crippen LogP contribution in [0.25, 0.3) is 0 Å². The fourth-order valence-corrected chi connectivity index (χ4v) is 0.921. The summed E-state index contributed by atoms with van der Waals surface area (Å²) in [6.07, 6.45) is 1.48. The van der Waals surface area contributed by atoms with Gasteiger partial charge in [-0.3, -0.25) is 4.79 Å². The van der Waals surface area contributed by atoms with E-state index in [9.17, 15) is 4.79 Å². The smallest absolute Gasteiger partial charge is 0.237 e. The zero-order valence-corrected chi connectivity index (χ0v) is 8.42. The van der Waals surface area contributed by atoms with Crippen LogP contribution in [0.5, 0.6) is 0 Å². The molecule has 0 rings (SSSR count). The lowest BCUT2D eigenvalue weighted by molar-refractivity contribution is -0.123. The van der Waals surface area contributed by atoms with E-state index >= 15 is 0 Å². The van der Waals surface area contributed by atoms with E-state index in [0.29, 0.717) is 13.0 Å². The molecule has 4 heteroatoms. The highest BCUT2D eigenvalue weighted by Crippen LogP contribution is 2.04.